The highest BCUT2D eigenvalue weighted by Crippen LogP contribution is 2.38. The smallest absolute Gasteiger partial charge is 0.0380 e. The summed E-state index contributed by atoms with van der Waals surface area (Å²) in [6, 6.07) is 1.92. The molecule has 0 saturated heterocycles. The average Bonchev–Trinajstić information content (AvgIpc) is 2.30. The van der Waals surface area contributed by atoms with E-state index in [9.17, 15) is 0 Å². The van der Waals surface area contributed by atoms with Gasteiger partial charge in [0, 0.05) is 18.1 Å². The molecule has 0 atom stereocenters. The van der Waals surface area contributed by atoms with Crippen LogP contribution < -0.4 is 5.73 Å². The van der Waals surface area contributed by atoms with Gasteiger partial charge in [0.05, 0.1) is 0 Å². The summed E-state index contributed by atoms with van der Waals surface area (Å²) in [5.74, 6) is 1.60. The number of nitrogens with two attached hydrogens (primary N) is 1. The lowest BCUT2D eigenvalue weighted by atomic mass is 9.78. The summed E-state index contributed by atoms with van der Waals surface area (Å²) in [5.41, 5.74) is 8.17. The van der Waals surface area contributed by atoms with Crippen molar-refractivity contribution in [1.29, 1.82) is 0 Å². The fourth-order valence-corrected chi connectivity index (χ4v) is 2.64. The fourth-order valence-electron chi connectivity index (χ4n) is 2.64. The molecular weight excluding hydrogens is 184 g/mol. The molecule has 1 aliphatic rings. The molecule has 1 aromatic heterocycles. The van der Waals surface area contributed by atoms with Crippen LogP contribution in [0.5, 0.6) is 0 Å². The van der Waals surface area contributed by atoms with Crippen molar-refractivity contribution in [1.82, 2.24) is 4.98 Å². The number of hydrogen-bond donors (Lipinski definition) is 1. The molecular formula is C13H20N2. The Kier molecular flexibility index (Phi) is 3.24. The zero-order chi connectivity index (χ0) is 10.7. The van der Waals surface area contributed by atoms with Crippen LogP contribution in [0.3, 0.4) is 0 Å². The van der Waals surface area contributed by atoms with Crippen molar-refractivity contribution in [2.24, 2.45) is 5.92 Å². The van der Waals surface area contributed by atoms with Crippen LogP contribution in [0.15, 0.2) is 18.5 Å². The number of pyridine rings is 1. The summed E-state index contributed by atoms with van der Waals surface area (Å²) < 4.78 is 0. The van der Waals surface area contributed by atoms with E-state index >= 15 is 0 Å². The molecule has 2 nitrogen and oxygen atoms in total. The van der Waals surface area contributed by atoms with Crippen LogP contribution in [0, 0.1) is 5.92 Å². The van der Waals surface area contributed by atoms with E-state index in [1.165, 1.54) is 37.7 Å². The Morgan fingerprint density at radius 3 is 2.67 bits per heavy atom. The van der Waals surface area contributed by atoms with Crippen molar-refractivity contribution in [3.63, 3.8) is 0 Å². The van der Waals surface area contributed by atoms with Crippen LogP contribution in [0.4, 0.5) is 5.69 Å². The first-order valence-corrected chi connectivity index (χ1v) is 6.00. The van der Waals surface area contributed by atoms with Gasteiger partial charge in [-0.1, -0.05) is 13.3 Å². The van der Waals surface area contributed by atoms with Gasteiger partial charge in [-0.15, -0.1) is 0 Å². The number of nitrogens with zero attached hydrogens (tertiary/aromatic N) is 1. The van der Waals surface area contributed by atoms with Crippen molar-refractivity contribution in [3.8, 4) is 0 Å². The summed E-state index contributed by atoms with van der Waals surface area (Å²) in [6.45, 7) is 2.30. The minimum atomic E-state index is 0.654. The highest BCUT2D eigenvalue weighted by atomic mass is 14.7. The Balaban J connectivity index is 2.04. The standard InChI is InChI=1S/C13H20N2/c1-2-10-3-5-11(6-4-10)12-9-15-8-7-13(12)14/h7-11H,2-6H2,1H3,(H2,14,15). The first-order valence-electron chi connectivity index (χ1n) is 6.00. The lowest BCUT2D eigenvalue weighted by Crippen LogP contribution is -2.14. The fraction of sp³-hybridized carbons (Fsp3) is 0.615. The number of hydrogen-bond acceptors (Lipinski definition) is 2. The minimum absolute atomic E-state index is 0.654. The Morgan fingerprint density at radius 1 is 1.33 bits per heavy atom. The molecule has 0 spiro atoms. The normalized spacial score (nSPS) is 26.5. The third-order valence-corrected chi connectivity index (χ3v) is 3.75. The predicted octanol–water partition coefficient (Wildman–Crippen LogP) is 3.35. The van der Waals surface area contributed by atoms with Gasteiger partial charge in [-0.25, -0.2) is 0 Å². The van der Waals surface area contributed by atoms with Gasteiger partial charge in [-0.2, -0.15) is 0 Å². The van der Waals surface area contributed by atoms with E-state index in [0.29, 0.717) is 5.92 Å². The van der Waals surface area contributed by atoms with Crippen LogP contribution in [0.25, 0.3) is 0 Å². The van der Waals surface area contributed by atoms with Crippen molar-refractivity contribution in [3.05, 3.63) is 24.0 Å². The van der Waals surface area contributed by atoms with Gasteiger partial charge >= 0.3 is 0 Å². The summed E-state index contributed by atoms with van der Waals surface area (Å²) in [7, 11) is 0. The van der Waals surface area contributed by atoms with Crippen LogP contribution in [0.1, 0.15) is 50.5 Å². The van der Waals surface area contributed by atoms with Crippen molar-refractivity contribution in [2.45, 2.75) is 44.9 Å². The van der Waals surface area contributed by atoms with Gasteiger partial charge in [-0.05, 0) is 49.1 Å². The van der Waals surface area contributed by atoms with Crippen molar-refractivity contribution < 1.29 is 0 Å². The molecule has 0 radical (unpaired) electrons. The Morgan fingerprint density at radius 2 is 2.07 bits per heavy atom. The zero-order valence-electron chi connectivity index (χ0n) is 9.45. The highest BCUT2D eigenvalue weighted by molar-refractivity contribution is 5.46. The van der Waals surface area contributed by atoms with Gasteiger partial charge in [0.25, 0.3) is 0 Å². The second kappa shape index (κ2) is 4.65. The third kappa shape index (κ3) is 2.31. The number of aromatic nitrogens is 1. The van der Waals surface area contributed by atoms with Gasteiger partial charge in [-0.3, -0.25) is 4.98 Å². The molecule has 1 heterocycles. The Hall–Kier alpha value is -1.05. The monoisotopic (exact) mass is 204 g/mol. The van der Waals surface area contributed by atoms with Crippen molar-refractivity contribution in [2.75, 3.05) is 5.73 Å². The van der Waals surface area contributed by atoms with E-state index in [-0.39, 0.29) is 0 Å². The highest BCUT2D eigenvalue weighted by Gasteiger charge is 2.22. The van der Waals surface area contributed by atoms with E-state index in [0.717, 1.165) is 11.6 Å². The van der Waals surface area contributed by atoms with Crippen LogP contribution >= 0.6 is 0 Å². The van der Waals surface area contributed by atoms with Crippen LogP contribution in [-0.4, -0.2) is 4.98 Å². The molecule has 0 unspecified atom stereocenters. The Labute approximate surface area is 91.9 Å². The molecule has 0 bridgehead atoms. The first kappa shape index (κ1) is 10.5. The maximum Gasteiger partial charge on any atom is 0.0380 e. The van der Waals surface area contributed by atoms with E-state index in [2.05, 4.69) is 11.9 Å². The molecule has 2 N–H and O–H groups in total. The van der Waals surface area contributed by atoms with Gasteiger partial charge in [0.2, 0.25) is 0 Å². The average molecular weight is 204 g/mol. The van der Waals surface area contributed by atoms with Gasteiger partial charge < -0.3 is 5.73 Å². The molecule has 1 fully saturated rings. The lowest BCUT2D eigenvalue weighted by Gasteiger charge is -2.28. The molecule has 15 heavy (non-hydrogen) atoms. The SMILES string of the molecule is CCC1CCC(c2cnccc2N)CC1. The maximum atomic E-state index is 5.98. The van der Waals surface area contributed by atoms with E-state index < -0.39 is 0 Å². The second-order valence-corrected chi connectivity index (χ2v) is 4.63. The molecule has 2 rings (SSSR count). The molecule has 0 aliphatic heterocycles. The molecule has 1 saturated carbocycles. The Bertz CT molecular complexity index is 314. The zero-order valence-corrected chi connectivity index (χ0v) is 9.45. The lowest BCUT2D eigenvalue weighted by molar-refractivity contribution is 0.319. The molecule has 1 aromatic rings. The number of rotatable bonds is 2. The molecule has 0 aromatic carbocycles. The largest absolute Gasteiger partial charge is 0.398 e. The van der Waals surface area contributed by atoms with Gasteiger partial charge in [0.15, 0.2) is 0 Å². The predicted molar refractivity (Wildman–Crippen MR) is 63.6 cm³/mol. The van der Waals surface area contributed by atoms with Crippen molar-refractivity contribution >= 4 is 5.69 Å². The first-order chi connectivity index (χ1) is 7.31. The van der Waals surface area contributed by atoms with E-state index in [1.54, 1.807) is 6.20 Å². The number of nitrogen functional groups attached to an aromatic ring is 1. The number of anilines is 1. The minimum Gasteiger partial charge on any atom is -0.398 e. The van der Waals surface area contributed by atoms with Crippen LogP contribution in [-0.2, 0) is 0 Å². The topological polar surface area (TPSA) is 38.9 Å². The third-order valence-electron chi connectivity index (χ3n) is 3.75. The molecule has 82 valence electrons. The summed E-state index contributed by atoms with van der Waals surface area (Å²) >= 11 is 0. The second-order valence-electron chi connectivity index (χ2n) is 4.63. The summed E-state index contributed by atoms with van der Waals surface area (Å²) in [4.78, 5) is 4.18. The summed E-state index contributed by atoms with van der Waals surface area (Å²) in [6.07, 6.45) is 10.3. The van der Waals surface area contributed by atoms with E-state index in [4.69, 9.17) is 5.73 Å². The quantitative estimate of drug-likeness (QED) is 0.802. The summed E-state index contributed by atoms with van der Waals surface area (Å²) in [5, 5.41) is 0. The molecule has 1 aliphatic carbocycles. The van der Waals surface area contributed by atoms with E-state index in [1.807, 2.05) is 12.3 Å². The van der Waals surface area contributed by atoms with Gasteiger partial charge in [0.1, 0.15) is 0 Å². The molecule has 2 heteroatoms. The van der Waals surface area contributed by atoms with Crippen LogP contribution in [0.2, 0.25) is 0 Å². The maximum absolute atomic E-state index is 5.98. The molecule has 0 amide bonds.